The Morgan fingerprint density at radius 2 is 2.04 bits per heavy atom. The molecule has 1 atom stereocenters. The number of rotatable bonds is 5. The van der Waals surface area contributed by atoms with Crippen molar-refractivity contribution in [3.8, 4) is 11.5 Å². The van der Waals surface area contributed by atoms with E-state index in [0.717, 1.165) is 4.68 Å². The van der Waals surface area contributed by atoms with Crippen molar-refractivity contribution >= 4 is 5.91 Å². The van der Waals surface area contributed by atoms with Gasteiger partial charge < -0.3 is 15.5 Å². The fourth-order valence-corrected chi connectivity index (χ4v) is 3.42. The van der Waals surface area contributed by atoms with E-state index in [2.05, 4.69) is 10.4 Å². The smallest absolute Gasteiger partial charge is 0.435 e. The quantitative estimate of drug-likeness (QED) is 0.693. The van der Waals surface area contributed by atoms with Gasteiger partial charge in [-0.1, -0.05) is 6.07 Å². The van der Waals surface area contributed by atoms with Gasteiger partial charge in [-0.3, -0.25) is 9.48 Å². The largest absolute Gasteiger partial charge is 0.504 e. The van der Waals surface area contributed by atoms with Crippen LogP contribution >= 0.6 is 0 Å². The Kier molecular flexibility index (Phi) is 5.03. The number of amides is 1. The number of hydrogen-bond donors (Lipinski definition) is 3. The zero-order valence-electron chi connectivity index (χ0n) is 14.7. The Balaban J connectivity index is 1.65. The summed E-state index contributed by atoms with van der Waals surface area (Å²) in [6.07, 6.45) is -2.70. The number of fused-ring (bicyclic) bond motifs is 1. The SMILES string of the molecule is CC(Cc1ccc(O)c(O)c1)NC(=O)Cn1nc(C(F)(F)F)c2c1CCC2. The van der Waals surface area contributed by atoms with Crippen LogP contribution in [0.3, 0.4) is 0 Å². The predicted octanol–water partition coefficient (Wildman–Crippen LogP) is 2.55. The molecule has 0 radical (unpaired) electrons. The molecule has 0 saturated heterocycles. The van der Waals surface area contributed by atoms with Crippen molar-refractivity contribution in [2.75, 3.05) is 0 Å². The van der Waals surface area contributed by atoms with Gasteiger partial charge in [0.2, 0.25) is 5.91 Å². The molecule has 0 fully saturated rings. The van der Waals surface area contributed by atoms with Crippen LogP contribution in [-0.4, -0.2) is 31.9 Å². The first-order valence-electron chi connectivity index (χ1n) is 8.61. The number of carbonyl (C=O) groups excluding carboxylic acids is 1. The third kappa shape index (κ3) is 4.17. The number of aromatic hydroxyl groups is 2. The van der Waals surface area contributed by atoms with Crippen LogP contribution in [0.15, 0.2) is 18.2 Å². The lowest BCUT2D eigenvalue weighted by Crippen LogP contribution is -2.36. The maximum absolute atomic E-state index is 13.1. The summed E-state index contributed by atoms with van der Waals surface area (Å²) in [4.78, 5) is 12.3. The number of hydrogen-bond acceptors (Lipinski definition) is 4. The number of phenols is 2. The Bertz CT molecular complexity index is 862. The molecule has 2 aromatic rings. The van der Waals surface area contributed by atoms with Crippen molar-refractivity contribution in [3.63, 3.8) is 0 Å². The first-order chi connectivity index (χ1) is 12.6. The highest BCUT2D eigenvalue weighted by Crippen LogP contribution is 2.36. The molecule has 1 aromatic carbocycles. The second kappa shape index (κ2) is 7.13. The summed E-state index contributed by atoms with van der Waals surface area (Å²) in [6.45, 7) is 1.47. The summed E-state index contributed by atoms with van der Waals surface area (Å²) in [5.74, 6) is -0.919. The molecule has 0 spiro atoms. The highest BCUT2D eigenvalue weighted by Gasteiger charge is 2.40. The summed E-state index contributed by atoms with van der Waals surface area (Å²) in [7, 11) is 0. The van der Waals surface area contributed by atoms with Crippen molar-refractivity contribution in [1.82, 2.24) is 15.1 Å². The van der Waals surface area contributed by atoms with Crippen LogP contribution in [0.5, 0.6) is 11.5 Å². The molecule has 9 heteroatoms. The normalized spacial score (nSPS) is 14.8. The minimum absolute atomic E-state index is 0.197. The molecule has 1 heterocycles. The van der Waals surface area contributed by atoms with Gasteiger partial charge in [0.1, 0.15) is 6.54 Å². The molecule has 1 aromatic heterocycles. The standard InChI is InChI=1S/C18H20F3N3O3/c1-10(7-11-5-6-14(25)15(26)8-11)22-16(27)9-24-13-4-2-3-12(13)17(23-24)18(19,20)21/h5-6,8,10,25-26H,2-4,7,9H2,1H3,(H,22,27). The first kappa shape index (κ1) is 19.1. The van der Waals surface area contributed by atoms with Crippen LogP contribution in [-0.2, 0) is 36.8 Å². The van der Waals surface area contributed by atoms with E-state index in [1.165, 1.54) is 12.1 Å². The Labute approximate surface area is 153 Å². The predicted molar refractivity (Wildman–Crippen MR) is 90.3 cm³/mol. The second-order valence-corrected chi connectivity index (χ2v) is 6.78. The monoisotopic (exact) mass is 383 g/mol. The summed E-state index contributed by atoms with van der Waals surface area (Å²) < 4.78 is 40.4. The molecule has 1 unspecified atom stereocenters. The van der Waals surface area contributed by atoms with E-state index in [-0.39, 0.29) is 29.6 Å². The molecular formula is C18H20F3N3O3. The molecule has 27 heavy (non-hydrogen) atoms. The van der Waals surface area contributed by atoms with Crippen LogP contribution in [0, 0.1) is 0 Å². The van der Waals surface area contributed by atoms with E-state index in [1.807, 2.05) is 0 Å². The lowest BCUT2D eigenvalue weighted by molar-refractivity contribution is -0.142. The van der Waals surface area contributed by atoms with Gasteiger partial charge in [0.05, 0.1) is 0 Å². The summed E-state index contributed by atoms with van der Waals surface area (Å²) in [5, 5.41) is 25.2. The highest BCUT2D eigenvalue weighted by atomic mass is 19.4. The van der Waals surface area contributed by atoms with Gasteiger partial charge in [-0.25, -0.2) is 0 Å². The maximum Gasteiger partial charge on any atom is 0.435 e. The van der Waals surface area contributed by atoms with Crippen LogP contribution < -0.4 is 5.32 Å². The van der Waals surface area contributed by atoms with Crippen molar-refractivity contribution < 1.29 is 28.2 Å². The summed E-state index contributed by atoms with van der Waals surface area (Å²) in [6, 6.07) is 4.05. The molecule has 1 aliphatic rings. The Morgan fingerprint density at radius 3 is 2.70 bits per heavy atom. The number of nitrogens with zero attached hydrogens (tertiary/aromatic N) is 2. The minimum atomic E-state index is -4.52. The van der Waals surface area contributed by atoms with E-state index in [9.17, 15) is 28.2 Å². The molecule has 3 rings (SSSR count). The van der Waals surface area contributed by atoms with Crippen LogP contribution in [0.2, 0.25) is 0 Å². The maximum atomic E-state index is 13.1. The molecule has 6 nitrogen and oxygen atoms in total. The van der Waals surface area contributed by atoms with Crippen LogP contribution in [0.1, 0.15) is 35.9 Å². The molecule has 1 amide bonds. The zero-order chi connectivity index (χ0) is 19.8. The third-order valence-corrected chi connectivity index (χ3v) is 4.56. The van der Waals surface area contributed by atoms with E-state index in [0.29, 0.717) is 36.9 Å². The van der Waals surface area contributed by atoms with Crippen molar-refractivity contribution in [1.29, 1.82) is 0 Å². The van der Waals surface area contributed by atoms with Crippen molar-refractivity contribution in [3.05, 3.63) is 40.7 Å². The van der Waals surface area contributed by atoms with Crippen LogP contribution in [0.25, 0.3) is 0 Å². The van der Waals surface area contributed by atoms with E-state index in [1.54, 1.807) is 13.0 Å². The molecule has 1 aliphatic carbocycles. The van der Waals surface area contributed by atoms with Crippen molar-refractivity contribution in [2.24, 2.45) is 0 Å². The number of aromatic nitrogens is 2. The van der Waals surface area contributed by atoms with Gasteiger partial charge in [-0.05, 0) is 50.3 Å². The fourth-order valence-electron chi connectivity index (χ4n) is 3.42. The molecular weight excluding hydrogens is 363 g/mol. The Morgan fingerprint density at radius 1 is 1.30 bits per heavy atom. The first-order valence-corrected chi connectivity index (χ1v) is 8.61. The van der Waals surface area contributed by atoms with Gasteiger partial charge in [0.15, 0.2) is 17.2 Å². The molecule has 0 aliphatic heterocycles. The number of nitrogens with one attached hydrogen (secondary N) is 1. The number of halogens is 3. The van der Waals surface area contributed by atoms with Crippen LogP contribution in [0.4, 0.5) is 13.2 Å². The van der Waals surface area contributed by atoms with E-state index < -0.39 is 17.8 Å². The van der Waals surface area contributed by atoms with Crippen molar-refractivity contribution in [2.45, 2.75) is 51.4 Å². The Hall–Kier alpha value is -2.71. The summed E-state index contributed by atoms with van der Waals surface area (Å²) in [5.41, 5.74) is 0.490. The second-order valence-electron chi connectivity index (χ2n) is 6.78. The van der Waals surface area contributed by atoms with Gasteiger partial charge >= 0.3 is 6.18 Å². The third-order valence-electron chi connectivity index (χ3n) is 4.56. The summed E-state index contributed by atoms with van der Waals surface area (Å²) >= 11 is 0. The topological polar surface area (TPSA) is 87.4 Å². The van der Waals surface area contributed by atoms with Gasteiger partial charge in [0.25, 0.3) is 0 Å². The number of alkyl halides is 3. The lowest BCUT2D eigenvalue weighted by Gasteiger charge is -2.15. The minimum Gasteiger partial charge on any atom is -0.504 e. The number of benzene rings is 1. The zero-order valence-corrected chi connectivity index (χ0v) is 14.7. The average Bonchev–Trinajstić information content (AvgIpc) is 3.13. The molecule has 146 valence electrons. The number of carbonyl (C=O) groups is 1. The highest BCUT2D eigenvalue weighted by molar-refractivity contribution is 5.76. The average molecular weight is 383 g/mol. The van der Waals surface area contributed by atoms with Gasteiger partial charge in [0, 0.05) is 17.3 Å². The molecule has 0 saturated carbocycles. The fraction of sp³-hybridized carbons (Fsp3) is 0.444. The van der Waals surface area contributed by atoms with E-state index in [4.69, 9.17) is 0 Å². The van der Waals surface area contributed by atoms with Gasteiger partial charge in [-0.15, -0.1) is 0 Å². The number of phenolic OH excluding ortho intramolecular Hbond substituents is 2. The van der Waals surface area contributed by atoms with Gasteiger partial charge in [-0.2, -0.15) is 18.3 Å². The molecule has 3 N–H and O–H groups in total. The molecule has 0 bridgehead atoms. The lowest BCUT2D eigenvalue weighted by atomic mass is 10.1. The van der Waals surface area contributed by atoms with E-state index >= 15 is 0 Å².